The van der Waals surface area contributed by atoms with E-state index < -0.39 is 4.92 Å². The molecule has 0 saturated carbocycles. The normalized spacial score (nSPS) is 15.8. The van der Waals surface area contributed by atoms with Crippen LogP contribution in [-0.4, -0.2) is 21.4 Å². The molecule has 1 amide bonds. The minimum absolute atomic E-state index is 0.0496. The van der Waals surface area contributed by atoms with Gasteiger partial charge < -0.3 is 0 Å². The van der Waals surface area contributed by atoms with Crippen LogP contribution in [0, 0.1) is 10.1 Å². The monoisotopic (exact) mass is 422 g/mol. The number of benzene rings is 2. The quantitative estimate of drug-likeness (QED) is 0.217. The lowest BCUT2D eigenvalue weighted by Gasteiger charge is -2.15. The van der Waals surface area contributed by atoms with E-state index in [0.717, 1.165) is 16.7 Å². The molecular formula is C17H11ClN2O3S3. The minimum atomic E-state index is -0.557. The van der Waals surface area contributed by atoms with E-state index in [1.165, 1.54) is 17.0 Å². The molecule has 26 heavy (non-hydrogen) atoms. The van der Waals surface area contributed by atoms with Crippen molar-refractivity contribution in [2.45, 2.75) is 4.90 Å². The van der Waals surface area contributed by atoms with Crippen molar-refractivity contribution in [2.75, 3.05) is 11.2 Å². The maximum Gasteiger partial charge on any atom is 0.288 e. The largest absolute Gasteiger partial charge is 0.288 e. The molecule has 3 rings (SSSR count). The number of rotatable bonds is 4. The van der Waals surface area contributed by atoms with E-state index >= 15 is 0 Å². The van der Waals surface area contributed by atoms with Crippen LogP contribution in [0.5, 0.6) is 0 Å². The number of amides is 1. The molecule has 2 aromatic rings. The molecule has 0 aromatic heterocycles. The summed E-state index contributed by atoms with van der Waals surface area (Å²) in [7, 11) is 0. The van der Waals surface area contributed by atoms with Crippen LogP contribution in [0.1, 0.15) is 5.56 Å². The molecule has 0 spiro atoms. The Hall–Kier alpha value is -1.87. The fraction of sp³-hybridized carbons (Fsp3) is 0.0588. The van der Waals surface area contributed by atoms with E-state index in [0.29, 0.717) is 20.5 Å². The molecule has 9 heteroatoms. The summed E-state index contributed by atoms with van der Waals surface area (Å²) in [6.07, 6.45) is 3.54. The third kappa shape index (κ3) is 3.78. The lowest BCUT2D eigenvalue weighted by Crippen LogP contribution is -2.27. The lowest BCUT2D eigenvalue weighted by molar-refractivity contribution is -0.384. The lowest BCUT2D eigenvalue weighted by atomic mass is 10.2. The van der Waals surface area contributed by atoms with E-state index in [2.05, 4.69) is 0 Å². The number of nitro benzene ring substituents is 1. The maximum atomic E-state index is 12.8. The first-order valence-electron chi connectivity index (χ1n) is 7.26. The first kappa shape index (κ1) is 18.9. The summed E-state index contributed by atoms with van der Waals surface area (Å²) >= 11 is 13.9. The van der Waals surface area contributed by atoms with E-state index in [1.54, 1.807) is 23.9 Å². The fourth-order valence-electron chi connectivity index (χ4n) is 2.35. The SMILES string of the molecule is CSc1cccc(N2C(=O)/C(=C/c3ccc(Cl)c([N+](=O)[O-])c3)SC2=S)c1. The van der Waals surface area contributed by atoms with E-state index in [-0.39, 0.29) is 16.6 Å². The average molecular weight is 423 g/mol. The van der Waals surface area contributed by atoms with Gasteiger partial charge in [0.2, 0.25) is 0 Å². The number of hydrogen-bond acceptors (Lipinski definition) is 6. The van der Waals surface area contributed by atoms with Crippen LogP contribution < -0.4 is 4.90 Å². The smallest absolute Gasteiger partial charge is 0.268 e. The summed E-state index contributed by atoms with van der Waals surface area (Å²) < 4.78 is 0.419. The van der Waals surface area contributed by atoms with Crippen molar-refractivity contribution in [3.05, 3.63) is 68.1 Å². The predicted octanol–water partition coefficient (Wildman–Crippen LogP) is 5.38. The molecule has 0 N–H and O–H groups in total. The first-order valence-corrected chi connectivity index (χ1v) is 10.1. The zero-order valence-corrected chi connectivity index (χ0v) is 16.5. The third-order valence-electron chi connectivity index (χ3n) is 3.57. The fourth-order valence-corrected chi connectivity index (χ4v) is 4.29. The predicted molar refractivity (Wildman–Crippen MR) is 112 cm³/mol. The third-order valence-corrected chi connectivity index (χ3v) is 5.92. The van der Waals surface area contributed by atoms with Crippen molar-refractivity contribution in [1.29, 1.82) is 0 Å². The van der Waals surface area contributed by atoms with Crippen LogP contribution in [0.4, 0.5) is 11.4 Å². The van der Waals surface area contributed by atoms with Crippen molar-refractivity contribution in [1.82, 2.24) is 0 Å². The zero-order valence-electron chi connectivity index (χ0n) is 13.3. The van der Waals surface area contributed by atoms with Gasteiger partial charge in [-0.2, -0.15) is 0 Å². The molecule has 0 radical (unpaired) electrons. The number of thioether (sulfide) groups is 2. The van der Waals surface area contributed by atoms with Crippen molar-refractivity contribution < 1.29 is 9.72 Å². The number of carbonyl (C=O) groups is 1. The molecular weight excluding hydrogens is 412 g/mol. The molecule has 0 bridgehead atoms. The van der Waals surface area contributed by atoms with Gasteiger partial charge in [0.15, 0.2) is 4.32 Å². The van der Waals surface area contributed by atoms with Gasteiger partial charge in [0, 0.05) is 11.0 Å². The molecule has 1 fully saturated rings. The molecule has 1 saturated heterocycles. The highest BCUT2D eigenvalue weighted by atomic mass is 35.5. The Morgan fingerprint density at radius 3 is 2.77 bits per heavy atom. The van der Waals surface area contributed by atoms with Crippen LogP contribution in [0.15, 0.2) is 52.3 Å². The Balaban J connectivity index is 1.95. The summed E-state index contributed by atoms with van der Waals surface area (Å²) in [5.74, 6) is -0.254. The zero-order chi connectivity index (χ0) is 18.8. The molecule has 0 aliphatic carbocycles. The van der Waals surface area contributed by atoms with Crippen molar-refractivity contribution >= 4 is 75.0 Å². The Bertz CT molecular complexity index is 962. The Labute approximate surface area is 168 Å². The topological polar surface area (TPSA) is 63.5 Å². The standard InChI is InChI=1S/C17H11ClN2O3S3/c1-25-12-4-2-3-11(9-12)19-16(21)15(26-17(19)24)8-10-5-6-13(18)14(7-10)20(22)23/h2-9H,1H3/b15-8-. The van der Waals surface area contributed by atoms with E-state index in [1.807, 2.05) is 30.5 Å². The molecule has 1 aliphatic rings. The van der Waals surface area contributed by atoms with Crippen LogP contribution >= 0.6 is 47.3 Å². The molecule has 5 nitrogen and oxygen atoms in total. The van der Waals surface area contributed by atoms with Gasteiger partial charge >= 0.3 is 0 Å². The first-order chi connectivity index (χ1) is 12.4. The van der Waals surface area contributed by atoms with E-state index in [4.69, 9.17) is 23.8 Å². The summed E-state index contributed by atoms with van der Waals surface area (Å²) in [4.78, 5) is 26.1. The number of thiocarbonyl (C=S) groups is 1. The minimum Gasteiger partial charge on any atom is -0.268 e. The van der Waals surface area contributed by atoms with E-state index in [9.17, 15) is 14.9 Å². The van der Waals surface area contributed by atoms with Crippen LogP contribution in [0.3, 0.4) is 0 Å². The molecule has 2 aromatic carbocycles. The van der Waals surface area contributed by atoms with Gasteiger partial charge in [-0.15, -0.1) is 11.8 Å². The number of nitrogens with zero attached hydrogens (tertiary/aromatic N) is 2. The second-order valence-corrected chi connectivity index (χ2v) is 8.15. The summed E-state index contributed by atoms with van der Waals surface area (Å²) in [5, 5.41) is 11.1. The van der Waals surface area contributed by atoms with Crippen LogP contribution in [0.2, 0.25) is 5.02 Å². The Morgan fingerprint density at radius 2 is 2.08 bits per heavy atom. The molecule has 0 atom stereocenters. The van der Waals surface area contributed by atoms with Gasteiger partial charge in [0.25, 0.3) is 11.6 Å². The molecule has 0 unspecified atom stereocenters. The number of nitro groups is 1. The Kier molecular flexibility index (Phi) is 5.67. The van der Waals surface area contributed by atoms with Crippen LogP contribution in [-0.2, 0) is 4.79 Å². The Morgan fingerprint density at radius 1 is 1.31 bits per heavy atom. The van der Waals surface area contributed by atoms with Crippen LogP contribution in [0.25, 0.3) is 6.08 Å². The van der Waals surface area contributed by atoms with Gasteiger partial charge in [-0.3, -0.25) is 19.8 Å². The van der Waals surface area contributed by atoms with Crippen molar-refractivity contribution in [3.63, 3.8) is 0 Å². The maximum absolute atomic E-state index is 12.8. The molecule has 1 aliphatic heterocycles. The molecule has 1 heterocycles. The highest BCUT2D eigenvalue weighted by Crippen LogP contribution is 2.37. The molecule has 132 valence electrons. The van der Waals surface area contributed by atoms with Gasteiger partial charge in [0.05, 0.1) is 15.5 Å². The van der Waals surface area contributed by atoms with Gasteiger partial charge in [-0.25, -0.2) is 0 Å². The van der Waals surface area contributed by atoms with Crippen molar-refractivity contribution in [3.8, 4) is 0 Å². The number of anilines is 1. The van der Waals surface area contributed by atoms with Gasteiger partial charge in [-0.05, 0) is 42.2 Å². The highest BCUT2D eigenvalue weighted by molar-refractivity contribution is 8.27. The second kappa shape index (κ2) is 7.79. The summed E-state index contributed by atoms with van der Waals surface area (Å²) in [5.41, 5.74) is 1.01. The summed E-state index contributed by atoms with van der Waals surface area (Å²) in [6.45, 7) is 0. The van der Waals surface area contributed by atoms with Gasteiger partial charge in [0.1, 0.15) is 5.02 Å². The van der Waals surface area contributed by atoms with Crippen molar-refractivity contribution in [2.24, 2.45) is 0 Å². The number of carbonyl (C=O) groups excluding carboxylic acids is 1. The highest BCUT2D eigenvalue weighted by Gasteiger charge is 2.33. The average Bonchev–Trinajstić information content (AvgIpc) is 2.90. The number of hydrogen-bond donors (Lipinski definition) is 0. The number of halogens is 1. The summed E-state index contributed by atoms with van der Waals surface area (Å²) in [6, 6.07) is 11.9. The second-order valence-electron chi connectivity index (χ2n) is 5.19. The van der Waals surface area contributed by atoms with Gasteiger partial charge in [-0.1, -0.05) is 47.7 Å².